The molecule has 1 saturated heterocycles. The van der Waals surface area contributed by atoms with Crippen LogP contribution in [0, 0.1) is 0 Å². The first-order valence-electron chi connectivity index (χ1n) is 8.59. The standard InChI is InChI=1S/C19H19ClN4O/c20-14-6-4-7-15-18(14)19(25)23-16(22-15)10-9-13-5-3-8-17(21-13)24-11-1-2-12-24/h3-8H,1-2,9-12H2,(H,22,23,25). The molecule has 0 radical (unpaired) electrons. The molecule has 0 bridgehead atoms. The van der Waals surface area contributed by atoms with Crippen LogP contribution in [-0.2, 0) is 12.8 Å². The first-order valence-corrected chi connectivity index (χ1v) is 8.97. The van der Waals surface area contributed by atoms with Crippen molar-refractivity contribution in [2.24, 2.45) is 0 Å². The number of hydrogen-bond acceptors (Lipinski definition) is 4. The number of pyridine rings is 1. The average molecular weight is 355 g/mol. The van der Waals surface area contributed by atoms with Gasteiger partial charge in [0.05, 0.1) is 15.9 Å². The van der Waals surface area contributed by atoms with E-state index in [0.29, 0.717) is 28.2 Å². The van der Waals surface area contributed by atoms with Crippen LogP contribution in [0.1, 0.15) is 24.4 Å². The van der Waals surface area contributed by atoms with E-state index in [4.69, 9.17) is 16.6 Å². The van der Waals surface area contributed by atoms with Crippen molar-refractivity contribution in [2.45, 2.75) is 25.7 Å². The molecule has 3 heterocycles. The number of hydrogen-bond donors (Lipinski definition) is 1. The lowest BCUT2D eigenvalue weighted by Gasteiger charge is -2.16. The van der Waals surface area contributed by atoms with Gasteiger partial charge >= 0.3 is 0 Å². The number of nitrogens with one attached hydrogen (secondary N) is 1. The SMILES string of the molecule is O=c1[nH]c(CCc2cccc(N3CCCC3)n2)nc2cccc(Cl)c12. The second-order valence-corrected chi connectivity index (χ2v) is 6.74. The summed E-state index contributed by atoms with van der Waals surface area (Å²) in [7, 11) is 0. The summed E-state index contributed by atoms with van der Waals surface area (Å²) in [6, 6.07) is 11.5. The van der Waals surface area contributed by atoms with E-state index in [1.165, 1.54) is 12.8 Å². The van der Waals surface area contributed by atoms with Crippen LogP contribution in [-0.4, -0.2) is 28.0 Å². The Labute approximate surface area is 150 Å². The van der Waals surface area contributed by atoms with Gasteiger partial charge in [0.2, 0.25) is 0 Å². The molecule has 25 heavy (non-hydrogen) atoms. The van der Waals surface area contributed by atoms with Crippen LogP contribution in [0.5, 0.6) is 0 Å². The van der Waals surface area contributed by atoms with Crippen LogP contribution < -0.4 is 10.5 Å². The molecule has 1 aromatic carbocycles. The van der Waals surface area contributed by atoms with Crippen LogP contribution in [0.4, 0.5) is 5.82 Å². The van der Waals surface area contributed by atoms with Crippen molar-refractivity contribution < 1.29 is 0 Å². The van der Waals surface area contributed by atoms with Gasteiger partial charge in [0.25, 0.3) is 5.56 Å². The molecule has 1 aliphatic rings. The van der Waals surface area contributed by atoms with Gasteiger partial charge < -0.3 is 9.88 Å². The highest BCUT2D eigenvalue weighted by molar-refractivity contribution is 6.35. The fourth-order valence-electron chi connectivity index (χ4n) is 3.29. The molecule has 0 amide bonds. The zero-order valence-electron chi connectivity index (χ0n) is 13.8. The van der Waals surface area contributed by atoms with Crippen molar-refractivity contribution in [3.8, 4) is 0 Å². The molecule has 4 rings (SSSR count). The Balaban J connectivity index is 1.54. The quantitative estimate of drug-likeness (QED) is 0.780. The number of aromatic amines is 1. The molecule has 128 valence electrons. The zero-order chi connectivity index (χ0) is 17.2. The summed E-state index contributed by atoms with van der Waals surface area (Å²) < 4.78 is 0. The van der Waals surface area contributed by atoms with Crippen LogP contribution in [0.25, 0.3) is 10.9 Å². The molecule has 0 saturated carbocycles. The molecule has 6 heteroatoms. The molecule has 1 N–H and O–H groups in total. The number of halogens is 1. The predicted molar refractivity (Wildman–Crippen MR) is 100 cm³/mol. The number of rotatable bonds is 4. The van der Waals surface area contributed by atoms with Gasteiger partial charge in [-0.3, -0.25) is 4.79 Å². The van der Waals surface area contributed by atoms with Crippen molar-refractivity contribution in [3.05, 3.63) is 63.3 Å². The smallest absolute Gasteiger partial charge is 0.260 e. The Morgan fingerprint density at radius 2 is 1.84 bits per heavy atom. The van der Waals surface area contributed by atoms with Gasteiger partial charge in [0.1, 0.15) is 11.6 Å². The monoisotopic (exact) mass is 354 g/mol. The molecule has 5 nitrogen and oxygen atoms in total. The van der Waals surface area contributed by atoms with E-state index in [9.17, 15) is 4.79 Å². The number of H-pyrrole nitrogens is 1. The zero-order valence-corrected chi connectivity index (χ0v) is 14.6. The second-order valence-electron chi connectivity index (χ2n) is 6.33. The largest absolute Gasteiger partial charge is 0.357 e. The van der Waals surface area contributed by atoms with E-state index in [-0.39, 0.29) is 5.56 Å². The van der Waals surface area contributed by atoms with Gasteiger partial charge in [-0.15, -0.1) is 0 Å². The molecule has 3 aromatic rings. The molecule has 1 aliphatic heterocycles. The summed E-state index contributed by atoms with van der Waals surface area (Å²) >= 11 is 6.09. The molecule has 2 aromatic heterocycles. The Morgan fingerprint density at radius 3 is 2.68 bits per heavy atom. The van der Waals surface area contributed by atoms with E-state index in [2.05, 4.69) is 20.9 Å². The van der Waals surface area contributed by atoms with Crippen LogP contribution in [0.2, 0.25) is 5.02 Å². The molecule has 1 fully saturated rings. The molecular weight excluding hydrogens is 336 g/mol. The Bertz CT molecular complexity index is 963. The van der Waals surface area contributed by atoms with Crippen molar-refractivity contribution in [3.63, 3.8) is 0 Å². The molecular formula is C19H19ClN4O. The summed E-state index contributed by atoms with van der Waals surface area (Å²) in [4.78, 5) is 26.7. The molecule has 0 spiro atoms. The van der Waals surface area contributed by atoms with Gasteiger partial charge in [-0.2, -0.15) is 0 Å². The lowest BCUT2D eigenvalue weighted by molar-refractivity contribution is 0.829. The summed E-state index contributed by atoms with van der Waals surface area (Å²) in [5, 5.41) is 0.875. The van der Waals surface area contributed by atoms with E-state index in [0.717, 1.165) is 31.0 Å². The van der Waals surface area contributed by atoms with Crippen molar-refractivity contribution in [2.75, 3.05) is 18.0 Å². The highest BCUT2D eigenvalue weighted by Crippen LogP contribution is 2.19. The van der Waals surface area contributed by atoms with Crippen molar-refractivity contribution in [1.82, 2.24) is 15.0 Å². The highest BCUT2D eigenvalue weighted by atomic mass is 35.5. The van der Waals surface area contributed by atoms with Gasteiger partial charge in [0.15, 0.2) is 0 Å². The fraction of sp³-hybridized carbons (Fsp3) is 0.316. The van der Waals surface area contributed by atoms with E-state index in [1.807, 2.05) is 24.3 Å². The van der Waals surface area contributed by atoms with E-state index in [1.54, 1.807) is 6.07 Å². The summed E-state index contributed by atoms with van der Waals surface area (Å²) in [6.07, 6.45) is 3.83. The highest BCUT2D eigenvalue weighted by Gasteiger charge is 2.14. The first-order chi connectivity index (χ1) is 12.2. The Kier molecular flexibility index (Phi) is 4.40. The summed E-state index contributed by atoms with van der Waals surface area (Å²) in [5.41, 5.74) is 1.45. The second kappa shape index (κ2) is 6.84. The number of benzene rings is 1. The molecule has 0 unspecified atom stereocenters. The number of nitrogens with zero attached hydrogens (tertiary/aromatic N) is 3. The van der Waals surface area contributed by atoms with Gasteiger partial charge in [-0.1, -0.05) is 23.7 Å². The third-order valence-electron chi connectivity index (χ3n) is 4.57. The number of anilines is 1. The maximum Gasteiger partial charge on any atom is 0.260 e. The normalized spacial score (nSPS) is 14.4. The minimum absolute atomic E-state index is 0.190. The number of aromatic nitrogens is 3. The lowest BCUT2D eigenvalue weighted by Crippen LogP contribution is -2.19. The third kappa shape index (κ3) is 3.37. The summed E-state index contributed by atoms with van der Waals surface area (Å²) in [5.74, 6) is 1.70. The number of aryl methyl sites for hydroxylation is 2. The summed E-state index contributed by atoms with van der Waals surface area (Å²) in [6.45, 7) is 2.16. The van der Waals surface area contributed by atoms with Gasteiger partial charge in [-0.25, -0.2) is 9.97 Å². The maximum absolute atomic E-state index is 12.3. The average Bonchev–Trinajstić information content (AvgIpc) is 3.15. The minimum Gasteiger partial charge on any atom is -0.357 e. The third-order valence-corrected chi connectivity index (χ3v) is 4.89. The minimum atomic E-state index is -0.190. The molecule has 0 atom stereocenters. The molecule has 0 aliphatic carbocycles. The van der Waals surface area contributed by atoms with Crippen LogP contribution in [0.3, 0.4) is 0 Å². The van der Waals surface area contributed by atoms with Gasteiger partial charge in [0, 0.05) is 25.2 Å². The van der Waals surface area contributed by atoms with E-state index >= 15 is 0 Å². The maximum atomic E-state index is 12.3. The topological polar surface area (TPSA) is 61.9 Å². The van der Waals surface area contributed by atoms with Crippen molar-refractivity contribution in [1.29, 1.82) is 0 Å². The lowest BCUT2D eigenvalue weighted by atomic mass is 10.2. The van der Waals surface area contributed by atoms with Crippen LogP contribution >= 0.6 is 11.6 Å². The fourth-order valence-corrected chi connectivity index (χ4v) is 3.55. The van der Waals surface area contributed by atoms with Crippen molar-refractivity contribution >= 4 is 28.3 Å². The van der Waals surface area contributed by atoms with Crippen LogP contribution in [0.15, 0.2) is 41.2 Å². The number of fused-ring (bicyclic) bond motifs is 1. The van der Waals surface area contributed by atoms with E-state index < -0.39 is 0 Å². The van der Waals surface area contributed by atoms with Gasteiger partial charge in [-0.05, 0) is 43.5 Å². The Hall–Kier alpha value is -2.40. The Morgan fingerprint density at radius 1 is 1.04 bits per heavy atom. The first kappa shape index (κ1) is 16.1. The predicted octanol–water partition coefficient (Wildman–Crippen LogP) is 3.36.